The van der Waals surface area contributed by atoms with E-state index < -0.39 is 32.7 Å². The van der Waals surface area contributed by atoms with Crippen molar-refractivity contribution in [1.82, 2.24) is 14.9 Å². The second-order valence-corrected chi connectivity index (χ2v) is 5.62. The van der Waals surface area contributed by atoms with Crippen LogP contribution in [-0.2, 0) is 19.6 Å². The first kappa shape index (κ1) is 13.5. The summed E-state index contributed by atoms with van der Waals surface area (Å²) in [6, 6.07) is 0. The number of nitrogens with one attached hydrogen (secondary N) is 2. The lowest BCUT2D eigenvalue weighted by molar-refractivity contribution is -0.118. The highest BCUT2D eigenvalue weighted by molar-refractivity contribution is 7.92. The number of nitrogens with zero attached hydrogens (tertiary/aromatic N) is 2. The molecule has 0 saturated carbocycles. The zero-order valence-electron chi connectivity index (χ0n) is 8.63. The fourth-order valence-corrected chi connectivity index (χ4v) is 2.70. The Morgan fingerprint density at radius 3 is 2.59 bits per heavy atom. The third-order valence-electron chi connectivity index (χ3n) is 1.35. The summed E-state index contributed by atoms with van der Waals surface area (Å²) in [5.74, 6) is -1.27. The number of carbonyl (C=O) groups excluding carboxylic acids is 2. The van der Waals surface area contributed by atoms with Crippen LogP contribution in [0, 0.1) is 0 Å². The van der Waals surface area contributed by atoms with E-state index in [1.54, 1.807) is 4.72 Å². The molecule has 1 aromatic heterocycles. The Hall–Kier alpha value is -1.59. The number of hydrogen-bond donors (Lipinski definition) is 3. The summed E-state index contributed by atoms with van der Waals surface area (Å²) in [6.45, 7) is 0.780. The summed E-state index contributed by atoms with van der Waals surface area (Å²) < 4.78 is 24.3. The fourth-order valence-electron chi connectivity index (χ4n) is 0.755. The Bertz CT molecular complexity index is 536. The molecule has 0 aliphatic carbocycles. The molecule has 0 aromatic carbocycles. The van der Waals surface area contributed by atoms with Crippen LogP contribution < -0.4 is 15.8 Å². The minimum absolute atomic E-state index is 0.0260. The second kappa shape index (κ2) is 5.16. The van der Waals surface area contributed by atoms with Crippen molar-refractivity contribution < 1.29 is 18.0 Å². The molecule has 0 aliphatic heterocycles. The van der Waals surface area contributed by atoms with Gasteiger partial charge in [0.15, 0.2) is 0 Å². The Morgan fingerprint density at radius 2 is 2.06 bits per heavy atom. The molecule has 94 valence electrons. The molecule has 0 bridgehead atoms. The average Bonchev–Trinajstić information content (AvgIpc) is 2.65. The molecular formula is C6H9N5O4S2. The molecule has 11 heteroatoms. The van der Waals surface area contributed by atoms with Gasteiger partial charge in [0.05, 0.1) is 6.54 Å². The van der Waals surface area contributed by atoms with Gasteiger partial charge < -0.3 is 11.1 Å². The summed E-state index contributed by atoms with van der Waals surface area (Å²) in [5, 5.41) is 9.06. The molecule has 0 radical (unpaired) electrons. The molecule has 0 fully saturated rings. The summed E-state index contributed by atoms with van der Waals surface area (Å²) in [6.07, 6.45) is 0. The first-order chi connectivity index (χ1) is 7.85. The van der Waals surface area contributed by atoms with E-state index in [1.807, 2.05) is 0 Å². The van der Waals surface area contributed by atoms with Crippen LogP contribution in [0.5, 0.6) is 0 Å². The molecule has 0 atom stereocenters. The molecule has 0 aliphatic rings. The number of amides is 2. The van der Waals surface area contributed by atoms with Crippen LogP contribution in [0.15, 0.2) is 4.34 Å². The molecular weight excluding hydrogens is 270 g/mol. The van der Waals surface area contributed by atoms with Gasteiger partial charge >= 0.3 is 0 Å². The molecule has 0 spiro atoms. The van der Waals surface area contributed by atoms with Crippen LogP contribution in [0.2, 0.25) is 0 Å². The van der Waals surface area contributed by atoms with Crippen molar-refractivity contribution in [2.75, 3.05) is 11.9 Å². The number of carbonyl (C=O) groups is 2. The Morgan fingerprint density at radius 1 is 1.41 bits per heavy atom. The predicted octanol–water partition coefficient (Wildman–Crippen LogP) is -1.74. The largest absolute Gasteiger partial charge is 0.322 e. The van der Waals surface area contributed by atoms with Crippen LogP contribution in [0.3, 0.4) is 0 Å². The number of nitrogens with two attached hydrogens (primary N) is 1. The zero-order valence-corrected chi connectivity index (χ0v) is 10.3. The Kier molecular flexibility index (Phi) is 4.09. The average molecular weight is 279 g/mol. The highest BCUT2D eigenvalue weighted by atomic mass is 32.2. The minimum atomic E-state index is -4.07. The summed E-state index contributed by atoms with van der Waals surface area (Å²) >= 11 is 0.623. The van der Waals surface area contributed by atoms with E-state index in [9.17, 15) is 18.0 Å². The maximum atomic E-state index is 11.5. The number of anilines is 1. The molecule has 1 aromatic rings. The van der Waals surface area contributed by atoms with E-state index in [-0.39, 0.29) is 5.13 Å². The van der Waals surface area contributed by atoms with E-state index in [4.69, 9.17) is 5.73 Å². The van der Waals surface area contributed by atoms with Crippen LogP contribution >= 0.6 is 11.3 Å². The van der Waals surface area contributed by atoms with Crippen LogP contribution in [0.4, 0.5) is 5.13 Å². The lowest BCUT2D eigenvalue weighted by Crippen LogP contribution is -2.35. The smallest absolute Gasteiger partial charge is 0.293 e. The Labute approximate surface area is 100 Å². The van der Waals surface area contributed by atoms with Crippen molar-refractivity contribution >= 4 is 38.3 Å². The molecule has 1 heterocycles. The minimum Gasteiger partial charge on any atom is -0.322 e. The van der Waals surface area contributed by atoms with E-state index >= 15 is 0 Å². The van der Waals surface area contributed by atoms with Crippen molar-refractivity contribution in [3.05, 3.63) is 0 Å². The summed E-state index contributed by atoms with van der Waals surface area (Å²) in [4.78, 5) is 21.5. The fraction of sp³-hybridized carbons (Fsp3) is 0.333. The van der Waals surface area contributed by atoms with Gasteiger partial charge in [-0.15, -0.1) is 10.2 Å². The number of aromatic nitrogens is 2. The van der Waals surface area contributed by atoms with E-state index in [2.05, 4.69) is 15.5 Å². The van der Waals surface area contributed by atoms with Gasteiger partial charge in [0.2, 0.25) is 16.9 Å². The lowest BCUT2D eigenvalue weighted by Gasteiger charge is -2.00. The van der Waals surface area contributed by atoms with Crippen LogP contribution in [0.1, 0.15) is 6.92 Å². The zero-order chi connectivity index (χ0) is 13.1. The molecule has 1 rings (SSSR count). The first-order valence-corrected chi connectivity index (χ1v) is 6.52. The molecule has 2 amide bonds. The Balaban J connectivity index is 2.89. The standard InChI is InChI=1S/C6H9N5O4S2/c1-3(12)8-5-9-10-6(16-5)17(14,15)11-4(13)2-7/h2,7H2,1H3,(H,11,13)(H,8,9,12). The molecule has 0 unspecified atom stereocenters. The normalized spacial score (nSPS) is 10.9. The summed E-state index contributed by atoms with van der Waals surface area (Å²) in [7, 11) is -4.07. The highest BCUT2D eigenvalue weighted by Crippen LogP contribution is 2.19. The number of sulfonamides is 1. The van der Waals surface area contributed by atoms with Gasteiger partial charge in [-0.1, -0.05) is 11.3 Å². The van der Waals surface area contributed by atoms with Gasteiger partial charge in [0.1, 0.15) is 0 Å². The monoisotopic (exact) mass is 279 g/mol. The van der Waals surface area contributed by atoms with Gasteiger partial charge in [0.25, 0.3) is 14.4 Å². The summed E-state index contributed by atoms with van der Waals surface area (Å²) in [5.41, 5.74) is 4.96. The van der Waals surface area contributed by atoms with Gasteiger partial charge in [-0.2, -0.15) is 8.42 Å². The van der Waals surface area contributed by atoms with E-state index in [0.717, 1.165) is 0 Å². The van der Waals surface area contributed by atoms with Gasteiger partial charge in [-0.3, -0.25) is 9.59 Å². The molecule has 0 saturated heterocycles. The second-order valence-electron chi connectivity index (χ2n) is 2.79. The van der Waals surface area contributed by atoms with Crippen LogP contribution in [0.25, 0.3) is 0 Å². The van der Waals surface area contributed by atoms with Crippen molar-refractivity contribution in [2.24, 2.45) is 5.73 Å². The van der Waals surface area contributed by atoms with E-state index in [1.165, 1.54) is 6.92 Å². The van der Waals surface area contributed by atoms with Gasteiger partial charge in [-0.05, 0) is 0 Å². The predicted molar refractivity (Wildman–Crippen MR) is 58.6 cm³/mol. The van der Waals surface area contributed by atoms with Crippen molar-refractivity contribution in [3.8, 4) is 0 Å². The topological polar surface area (TPSA) is 144 Å². The highest BCUT2D eigenvalue weighted by Gasteiger charge is 2.22. The molecule has 17 heavy (non-hydrogen) atoms. The van der Waals surface area contributed by atoms with Crippen LogP contribution in [-0.4, -0.2) is 37.0 Å². The van der Waals surface area contributed by atoms with E-state index in [0.29, 0.717) is 11.3 Å². The number of hydrogen-bond acceptors (Lipinski definition) is 8. The number of rotatable bonds is 4. The quantitative estimate of drug-likeness (QED) is 0.555. The maximum Gasteiger partial charge on any atom is 0.293 e. The van der Waals surface area contributed by atoms with Gasteiger partial charge in [-0.25, -0.2) is 4.72 Å². The molecule has 9 nitrogen and oxygen atoms in total. The first-order valence-electron chi connectivity index (χ1n) is 4.22. The molecule has 4 N–H and O–H groups in total. The van der Waals surface area contributed by atoms with Gasteiger partial charge in [0, 0.05) is 6.92 Å². The lowest BCUT2D eigenvalue weighted by atomic mass is 10.7. The third kappa shape index (κ3) is 3.72. The third-order valence-corrected chi connectivity index (χ3v) is 3.93. The maximum absolute atomic E-state index is 11.5. The van der Waals surface area contributed by atoms with Crippen molar-refractivity contribution in [1.29, 1.82) is 0 Å². The SMILES string of the molecule is CC(=O)Nc1nnc(S(=O)(=O)NC(=O)CN)s1. The van der Waals surface area contributed by atoms with Crippen molar-refractivity contribution in [2.45, 2.75) is 11.3 Å². The van der Waals surface area contributed by atoms with Crippen molar-refractivity contribution in [3.63, 3.8) is 0 Å².